The summed E-state index contributed by atoms with van der Waals surface area (Å²) < 4.78 is 0. The first-order valence-corrected chi connectivity index (χ1v) is 8.18. The number of aromatic nitrogens is 1. The van der Waals surface area contributed by atoms with Crippen molar-refractivity contribution >= 4 is 11.7 Å². The van der Waals surface area contributed by atoms with E-state index in [1.807, 2.05) is 36.4 Å². The zero-order valence-corrected chi connectivity index (χ0v) is 14.0. The van der Waals surface area contributed by atoms with E-state index in [4.69, 9.17) is 0 Å². The van der Waals surface area contributed by atoms with E-state index in [9.17, 15) is 15.1 Å². The zero-order chi connectivity index (χ0) is 18.4. The van der Waals surface area contributed by atoms with Gasteiger partial charge in [-0.3, -0.25) is 4.98 Å². The number of hydrogen-bond acceptors (Lipinski definition) is 4. The topological polar surface area (TPSA) is 82.8 Å². The third kappa shape index (κ3) is 3.95. The van der Waals surface area contributed by atoms with Gasteiger partial charge in [0.1, 0.15) is 0 Å². The summed E-state index contributed by atoms with van der Waals surface area (Å²) in [5, 5.41) is 22.3. The Labute approximate surface area is 151 Å². The Balaban J connectivity index is 2.02. The lowest BCUT2D eigenvalue weighted by molar-refractivity contribution is 0.0696. The van der Waals surface area contributed by atoms with Crippen molar-refractivity contribution in [1.29, 1.82) is 0 Å². The number of oxime groups is 1. The average Bonchev–Trinajstić information content (AvgIpc) is 2.70. The normalized spacial score (nSPS) is 12.5. The molecule has 0 radical (unpaired) electrons. The lowest BCUT2D eigenvalue weighted by Crippen LogP contribution is -2.11. The molecule has 130 valence electrons. The summed E-state index contributed by atoms with van der Waals surface area (Å²) in [4.78, 5) is 15.3. The van der Waals surface area contributed by atoms with Gasteiger partial charge in [-0.1, -0.05) is 47.6 Å². The Morgan fingerprint density at radius 1 is 0.923 bits per heavy atom. The highest BCUT2D eigenvalue weighted by atomic mass is 16.4. The summed E-state index contributed by atoms with van der Waals surface area (Å²) in [6, 6.07) is 20.2. The van der Waals surface area contributed by atoms with Crippen LogP contribution in [0.25, 0.3) is 0 Å². The van der Waals surface area contributed by atoms with Crippen LogP contribution in [0.5, 0.6) is 0 Å². The summed E-state index contributed by atoms with van der Waals surface area (Å²) in [5.74, 6) is -1.11. The first-order chi connectivity index (χ1) is 12.7. The van der Waals surface area contributed by atoms with Gasteiger partial charge in [0.25, 0.3) is 0 Å². The van der Waals surface area contributed by atoms with Crippen molar-refractivity contribution < 1.29 is 15.1 Å². The molecular weight excluding hydrogens is 328 g/mol. The molecule has 0 saturated carbocycles. The predicted octanol–water partition coefficient (Wildman–Crippen LogP) is 4.18. The summed E-state index contributed by atoms with van der Waals surface area (Å²) in [6.07, 6.45) is 3.71. The summed E-state index contributed by atoms with van der Waals surface area (Å²) >= 11 is 0. The molecule has 3 aromatic rings. The van der Waals surface area contributed by atoms with E-state index in [-0.39, 0.29) is 11.5 Å². The van der Waals surface area contributed by atoms with Crippen LogP contribution >= 0.6 is 0 Å². The number of carbonyl (C=O) groups is 1. The van der Waals surface area contributed by atoms with Crippen molar-refractivity contribution in [2.45, 2.75) is 12.3 Å². The van der Waals surface area contributed by atoms with Gasteiger partial charge in [-0.15, -0.1) is 0 Å². The molecule has 5 heteroatoms. The minimum Gasteiger partial charge on any atom is -0.478 e. The quantitative estimate of drug-likeness (QED) is 0.398. The Morgan fingerprint density at radius 2 is 1.62 bits per heavy atom. The summed E-state index contributed by atoms with van der Waals surface area (Å²) in [7, 11) is 0. The predicted molar refractivity (Wildman–Crippen MR) is 98.9 cm³/mol. The van der Waals surface area contributed by atoms with Gasteiger partial charge in [0.05, 0.1) is 11.3 Å². The van der Waals surface area contributed by atoms with E-state index in [1.54, 1.807) is 42.7 Å². The van der Waals surface area contributed by atoms with Crippen molar-refractivity contribution in [1.82, 2.24) is 4.98 Å². The van der Waals surface area contributed by atoms with Gasteiger partial charge in [-0.05, 0) is 35.4 Å². The van der Waals surface area contributed by atoms with E-state index < -0.39 is 5.97 Å². The van der Waals surface area contributed by atoms with Gasteiger partial charge < -0.3 is 10.3 Å². The molecule has 0 aliphatic carbocycles. The molecule has 0 aliphatic heterocycles. The molecule has 0 fully saturated rings. The van der Waals surface area contributed by atoms with Crippen LogP contribution in [0, 0.1) is 0 Å². The first-order valence-electron chi connectivity index (χ1n) is 8.18. The number of hydrogen-bond donors (Lipinski definition) is 2. The minimum atomic E-state index is -0.969. The van der Waals surface area contributed by atoms with Crippen LogP contribution in [0.15, 0.2) is 84.3 Å². The molecule has 5 nitrogen and oxygen atoms in total. The first kappa shape index (κ1) is 17.4. The molecule has 0 bridgehead atoms. The molecule has 1 heterocycles. The fourth-order valence-corrected chi connectivity index (χ4v) is 2.96. The molecule has 0 spiro atoms. The van der Waals surface area contributed by atoms with Crippen LogP contribution in [-0.4, -0.2) is 27.0 Å². The second-order valence-electron chi connectivity index (χ2n) is 5.88. The van der Waals surface area contributed by atoms with Crippen LogP contribution in [0.1, 0.15) is 39.4 Å². The Hall–Kier alpha value is -3.47. The van der Waals surface area contributed by atoms with E-state index in [2.05, 4.69) is 10.1 Å². The van der Waals surface area contributed by atoms with Crippen LogP contribution in [-0.2, 0) is 0 Å². The van der Waals surface area contributed by atoms with Gasteiger partial charge in [-0.2, -0.15) is 0 Å². The summed E-state index contributed by atoms with van der Waals surface area (Å²) in [5.41, 5.74) is 3.39. The Bertz CT molecular complexity index is 909. The van der Waals surface area contributed by atoms with Gasteiger partial charge in [0, 0.05) is 30.3 Å². The van der Waals surface area contributed by atoms with Crippen LogP contribution in [0.4, 0.5) is 0 Å². The van der Waals surface area contributed by atoms with Crippen molar-refractivity contribution in [3.8, 4) is 0 Å². The maximum absolute atomic E-state index is 11.3. The fraction of sp³-hybridized carbons (Fsp3) is 0.0952. The van der Waals surface area contributed by atoms with Crippen molar-refractivity contribution in [2.75, 3.05) is 0 Å². The van der Waals surface area contributed by atoms with E-state index >= 15 is 0 Å². The maximum Gasteiger partial charge on any atom is 0.335 e. The molecule has 1 atom stereocenters. The molecule has 0 saturated heterocycles. The third-order valence-corrected chi connectivity index (χ3v) is 4.27. The van der Waals surface area contributed by atoms with Crippen molar-refractivity contribution in [2.24, 2.45) is 5.16 Å². The monoisotopic (exact) mass is 346 g/mol. The Morgan fingerprint density at radius 3 is 2.27 bits per heavy atom. The van der Waals surface area contributed by atoms with Crippen molar-refractivity contribution in [3.63, 3.8) is 0 Å². The van der Waals surface area contributed by atoms with Gasteiger partial charge in [0.2, 0.25) is 0 Å². The Kier molecular flexibility index (Phi) is 5.39. The van der Waals surface area contributed by atoms with Crippen LogP contribution in [0.3, 0.4) is 0 Å². The molecule has 2 aromatic carbocycles. The molecule has 26 heavy (non-hydrogen) atoms. The third-order valence-electron chi connectivity index (χ3n) is 4.27. The maximum atomic E-state index is 11.3. The molecule has 1 aromatic heterocycles. The van der Waals surface area contributed by atoms with Crippen molar-refractivity contribution in [3.05, 3.63) is 101 Å². The molecule has 2 N–H and O–H groups in total. The number of rotatable bonds is 6. The SMILES string of the molecule is O=C(O)c1cccc(C(C/C(=N/O)c2ccncc2)c2ccccc2)c1. The highest BCUT2D eigenvalue weighted by Crippen LogP contribution is 2.30. The van der Waals surface area contributed by atoms with Crippen LogP contribution in [0.2, 0.25) is 0 Å². The number of nitrogens with zero attached hydrogens (tertiary/aromatic N) is 2. The highest BCUT2D eigenvalue weighted by Gasteiger charge is 2.19. The van der Waals surface area contributed by atoms with E-state index in [0.29, 0.717) is 12.1 Å². The second-order valence-corrected chi connectivity index (χ2v) is 5.88. The van der Waals surface area contributed by atoms with Gasteiger partial charge >= 0.3 is 5.97 Å². The van der Waals surface area contributed by atoms with E-state index in [1.165, 1.54) is 0 Å². The number of carboxylic acids is 1. The average molecular weight is 346 g/mol. The number of pyridine rings is 1. The van der Waals surface area contributed by atoms with Gasteiger partial charge in [-0.25, -0.2) is 4.79 Å². The highest BCUT2D eigenvalue weighted by molar-refractivity contribution is 6.00. The molecule has 0 amide bonds. The molecule has 0 aliphatic rings. The smallest absolute Gasteiger partial charge is 0.335 e. The van der Waals surface area contributed by atoms with Gasteiger partial charge in [0.15, 0.2) is 0 Å². The molecule has 3 rings (SSSR count). The zero-order valence-electron chi connectivity index (χ0n) is 14.0. The number of aromatic carboxylic acids is 1. The lowest BCUT2D eigenvalue weighted by atomic mass is 9.85. The molecular formula is C21H18N2O3. The van der Waals surface area contributed by atoms with Crippen LogP contribution < -0.4 is 0 Å². The standard InChI is InChI=1S/C21H18N2O3/c24-21(25)18-8-4-7-17(13-18)19(15-5-2-1-3-6-15)14-20(23-26)16-9-11-22-12-10-16/h1-13,19,26H,14H2,(H,24,25)/b23-20-. The number of carboxylic acid groups (broad SMARTS) is 1. The molecule has 1 unspecified atom stereocenters. The minimum absolute atomic E-state index is 0.144. The van der Waals surface area contributed by atoms with E-state index in [0.717, 1.165) is 16.7 Å². The lowest BCUT2D eigenvalue weighted by Gasteiger charge is -2.19. The largest absolute Gasteiger partial charge is 0.478 e. The summed E-state index contributed by atoms with van der Waals surface area (Å²) in [6.45, 7) is 0. The second kappa shape index (κ2) is 8.07. The fourth-order valence-electron chi connectivity index (χ4n) is 2.96. The number of benzene rings is 2.